The lowest BCUT2D eigenvalue weighted by Gasteiger charge is -2.39. The molecule has 1 fully saturated rings. The molecule has 1 heterocycles. The smallest absolute Gasteiger partial charge is 0.133 e. The van der Waals surface area contributed by atoms with Crippen LogP contribution in [0.5, 0.6) is 0 Å². The van der Waals surface area contributed by atoms with E-state index in [1.807, 2.05) is 18.2 Å². The molecule has 3 rings (SSSR count). The highest BCUT2D eigenvalue weighted by Crippen LogP contribution is 2.30. The third kappa shape index (κ3) is 3.99. The number of nitrogens with zero attached hydrogens (tertiary/aromatic N) is 2. The Bertz CT molecular complexity index is 622. The van der Waals surface area contributed by atoms with E-state index >= 15 is 0 Å². The van der Waals surface area contributed by atoms with Gasteiger partial charge >= 0.3 is 0 Å². The summed E-state index contributed by atoms with van der Waals surface area (Å²) < 4.78 is 0. The van der Waals surface area contributed by atoms with Crippen molar-refractivity contribution in [2.24, 2.45) is 0 Å². The van der Waals surface area contributed by atoms with Crippen molar-refractivity contribution in [1.82, 2.24) is 9.80 Å². The van der Waals surface area contributed by atoms with Crippen LogP contribution < -0.4 is 0 Å². The van der Waals surface area contributed by atoms with E-state index in [9.17, 15) is 4.79 Å². The minimum absolute atomic E-state index is 0.229. The number of carbonyl (C=O) groups excluding carboxylic acids is 1. The van der Waals surface area contributed by atoms with Crippen LogP contribution in [0.15, 0.2) is 54.6 Å². The van der Waals surface area contributed by atoms with Gasteiger partial charge in [0, 0.05) is 31.2 Å². The fraction of sp³-hybridized carbons (Fsp3) is 0.316. The van der Waals surface area contributed by atoms with Crippen molar-refractivity contribution in [3.05, 3.63) is 70.7 Å². The van der Waals surface area contributed by atoms with Gasteiger partial charge in [0.25, 0.3) is 0 Å². The first-order valence-corrected chi connectivity index (χ1v) is 8.36. The predicted molar refractivity (Wildman–Crippen MR) is 93.8 cm³/mol. The van der Waals surface area contributed by atoms with Gasteiger partial charge < -0.3 is 4.79 Å². The summed E-state index contributed by atoms with van der Waals surface area (Å²) in [6.07, 6.45) is 0.990. The number of halogens is 1. The molecule has 23 heavy (non-hydrogen) atoms. The molecule has 1 aliphatic rings. The first-order chi connectivity index (χ1) is 11.3. The van der Waals surface area contributed by atoms with Gasteiger partial charge in [-0.15, -0.1) is 0 Å². The molecule has 2 aromatic rings. The van der Waals surface area contributed by atoms with Crippen LogP contribution in [-0.2, 0) is 4.79 Å². The first kappa shape index (κ1) is 16.2. The highest BCUT2D eigenvalue weighted by Gasteiger charge is 2.26. The standard InChI is InChI=1S/C19H21ClN2O/c20-18-8-6-17(7-9-18)19(16-4-2-1-3-5-16)22-12-10-21(11-13-22)14-15-23/h1-9,15,19H,10-14H2. The normalized spacial score (nSPS) is 17.8. The lowest BCUT2D eigenvalue weighted by molar-refractivity contribution is -0.109. The minimum atomic E-state index is 0.229. The molecular formula is C19H21ClN2O. The lowest BCUT2D eigenvalue weighted by Crippen LogP contribution is -2.48. The fourth-order valence-corrected chi connectivity index (χ4v) is 3.33. The van der Waals surface area contributed by atoms with Crippen molar-refractivity contribution in [1.29, 1.82) is 0 Å². The van der Waals surface area contributed by atoms with Gasteiger partial charge in [0.15, 0.2) is 0 Å². The molecule has 2 aromatic carbocycles. The van der Waals surface area contributed by atoms with Crippen LogP contribution in [0, 0.1) is 0 Å². The van der Waals surface area contributed by atoms with Gasteiger partial charge in [-0.05, 0) is 23.3 Å². The Balaban J connectivity index is 1.84. The van der Waals surface area contributed by atoms with Crippen LogP contribution in [0.1, 0.15) is 17.2 Å². The Morgan fingerprint density at radius 1 is 0.913 bits per heavy atom. The van der Waals surface area contributed by atoms with Crippen LogP contribution in [0.4, 0.5) is 0 Å². The Morgan fingerprint density at radius 2 is 1.52 bits per heavy atom. The summed E-state index contributed by atoms with van der Waals surface area (Å²) in [5.74, 6) is 0. The second-order valence-corrected chi connectivity index (χ2v) is 6.30. The summed E-state index contributed by atoms with van der Waals surface area (Å²) >= 11 is 6.05. The summed E-state index contributed by atoms with van der Waals surface area (Å²) in [5.41, 5.74) is 2.54. The molecule has 1 aliphatic heterocycles. The second kappa shape index (κ2) is 7.73. The van der Waals surface area contributed by atoms with Gasteiger partial charge in [0.05, 0.1) is 12.6 Å². The van der Waals surface area contributed by atoms with E-state index in [0.29, 0.717) is 6.54 Å². The summed E-state index contributed by atoms with van der Waals surface area (Å²) in [5, 5.41) is 0.761. The Morgan fingerprint density at radius 3 is 2.13 bits per heavy atom. The average Bonchev–Trinajstić information content (AvgIpc) is 2.60. The van der Waals surface area contributed by atoms with Crippen molar-refractivity contribution < 1.29 is 4.79 Å². The zero-order valence-electron chi connectivity index (χ0n) is 13.1. The van der Waals surface area contributed by atoms with Crippen LogP contribution in [0.3, 0.4) is 0 Å². The number of rotatable bonds is 5. The number of piperazine rings is 1. The molecule has 0 aliphatic carbocycles. The van der Waals surface area contributed by atoms with E-state index in [1.54, 1.807) is 0 Å². The van der Waals surface area contributed by atoms with Crippen molar-refractivity contribution in [2.75, 3.05) is 32.7 Å². The highest BCUT2D eigenvalue weighted by molar-refractivity contribution is 6.30. The van der Waals surface area contributed by atoms with Crippen molar-refractivity contribution in [2.45, 2.75) is 6.04 Å². The van der Waals surface area contributed by atoms with E-state index < -0.39 is 0 Å². The van der Waals surface area contributed by atoms with Crippen molar-refractivity contribution in [3.63, 3.8) is 0 Å². The maximum Gasteiger partial charge on any atom is 0.133 e. The molecule has 1 atom stereocenters. The molecule has 3 nitrogen and oxygen atoms in total. The van der Waals surface area contributed by atoms with E-state index in [2.05, 4.69) is 46.2 Å². The molecule has 120 valence electrons. The maximum atomic E-state index is 10.7. The monoisotopic (exact) mass is 328 g/mol. The molecule has 0 saturated carbocycles. The van der Waals surface area contributed by atoms with Gasteiger partial charge in [0.2, 0.25) is 0 Å². The number of aldehydes is 1. The quantitative estimate of drug-likeness (QED) is 0.787. The van der Waals surface area contributed by atoms with E-state index in [0.717, 1.165) is 37.5 Å². The van der Waals surface area contributed by atoms with Crippen LogP contribution in [0.2, 0.25) is 5.02 Å². The molecule has 0 aromatic heterocycles. The van der Waals surface area contributed by atoms with E-state index in [1.165, 1.54) is 11.1 Å². The topological polar surface area (TPSA) is 23.6 Å². The Hall–Kier alpha value is -1.68. The zero-order chi connectivity index (χ0) is 16.1. The van der Waals surface area contributed by atoms with Gasteiger partial charge in [-0.2, -0.15) is 0 Å². The SMILES string of the molecule is O=CCN1CCN(C(c2ccccc2)c2ccc(Cl)cc2)CC1. The molecule has 0 radical (unpaired) electrons. The minimum Gasteiger partial charge on any atom is -0.302 e. The van der Waals surface area contributed by atoms with Crippen LogP contribution >= 0.6 is 11.6 Å². The van der Waals surface area contributed by atoms with E-state index in [-0.39, 0.29) is 6.04 Å². The second-order valence-electron chi connectivity index (χ2n) is 5.87. The molecule has 0 bridgehead atoms. The van der Waals surface area contributed by atoms with Gasteiger partial charge in [-0.1, -0.05) is 54.1 Å². The van der Waals surface area contributed by atoms with Gasteiger partial charge in [0.1, 0.15) is 6.29 Å². The summed E-state index contributed by atoms with van der Waals surface area (Å²) in [4.78, 5) is 15.4. The van der Waals surface area contributed by atoms with Crippen LogP contribution in [0.25, 0.3) is 0 Å². The molecular weight excluding hydrogens is 308 g/mol. The van der Waals surface area contributed by atoms with E-state index in [4.69, 9.17) is 11.6 Å². The van der Waals surface area contributed by atoms with Crippen molar-refractivity contribution >= 4 is 17.9 Å². The predicted octanol–water partition coefficient (Wildman–Crippen LogP) is 3.25. The summed E-state index contributed by atoms with van der Waals surface area (Å²) in [7, 11) is 0. The molecule has 1 saturated heterocycles. The molecule has 0 amide bonds. The molecule has 0 N–H and O–H groups in total. The van der Waals surface area contributed by atoms with Gasteiger partial charge in [-0.25, -0.2) is 0 Å². The maximum absolute atomic E-state index is 10.7. The number of carbonyl (C=O) groups is 1. The summed E-state index contributed by atoms with van der Waals surface area (Å²) in [6.45, 7) is 4.29. The van der Waals surface area contributed by atoms with Crippen molar-refractivity contribution in [3.8, 4) is 0 Å². The molecule has 1 unspecified atom stereocenters. The van der Waals surface area contributed by atoms with Crippen LogP contribution in [-0.4, -0.2) is 48.8 Å². The van der Waals surface area contributed by atoms with Gasteiger partial charge in [-0.3, -0.25) is 9.80 Å². The first-order valence-electron chi connectivity index (χ1n) is 7.98. The number of hydrogen-bond donors (Lipinski definition) is 0. The highest BCUT2D eigenvalue weighted by atomic mass is 35.5. The Kier molecular flexibility index (Phi) is 5.44. The third-order valence-corrected chi connectivity index (χ3v) is 4.66. The number of benzene rings is 2. The average molecular weight is 329 g/mol. The molecule has 4 heteroatoms. The molecule has 0 spiro atoms. The number of hydrogen-bond acceptors (Lipinski definition) is 3. The lowest BCUT2D eigenvalue weighted by atomic mass is 9.96. The largest absolute Gasteiger partial charge is 0.302 e. The fourth-order valence-electron chi connectivity index (χ4n) is 3.20. The summed E-state index contributed by atoms with van der Waals surface area (Å²) in [6, 6.07) is 18.9. The zero-order valence-corrected chi connectivity index (χ0v) is 13.8. The Labute approximate surface area is 142 Å². The third-order valence-electron chi connectivity index (χ3n) is 4.41.